The highest BCUT2D eigenvalue weighted by Crippen LogP contribution is 1.96. The zero-order chi connectivity index (χ0) is 8.39. The second-order valence-electron chi connectivity index (χ2n) is 2.09. The molecule has 0 saturated heterocycles. The Bertz CT molecular complexity index is 326. The molecule has 0 bridgehead atoms. The number of carbonyl (C=O) groups is 1. The molecule has 2 heterocycles. The van der Waals surface area contributed by atoms with Crippen molar-refractivity contribution in [2.24, 2.45) is 0 Å². The second-order valence-corrected chi connectivity index (χ2v) is 2.09. The normalized spacial score (nSPS) is 10.0. The Labute approximate surface area is 67.9 Å². The number of ketones is 1. The topological polar surface area (TPSA) is 71.1 Å². The molecule has 0 fully saturated rings. The van der Waals surface area contributed by atoms with Gasteiger partial charge in [-0.1, -0.05) is 24.8 Å². The van der Waals surface area contributed by atoms with Crippen LogP contribution >= 0.6 is 0 Å². The first-order valence-corrected chi connectivity index (χ1v) is 3.30. The predicted molar refractivity (Wildman–Crippen MR) is 38.5 cm³/mol. The Balaban J connectivity index is 2.34. The monoisotopic (exact) mass is 160 g/mol. The summed E-state index contributed by atoms with van der Waals surface area (Å²) in [4.78, 5) is 26.2. The summed E-state index contributed by atoms with van der Waals surface area (Å²) in [6.45, 7) is 0. The standard InChI is InChI=1S/C7H5N4O/c12-5(6-8-1-2-9-6)7-10-3-4-11-7/h1-4H,(H-,8,9,10,11,12)/q-1/p-1. The van der Waals surface area contributed by atoms with Gasteiger partial charge in [0.2, 0.25) is 0 Å². The molecule has 0 atom stereocenters. The van der Waals surface area contributed by atoms with Crippen LogP contribution in [-0.2, 0) is 0 Å². The van der Waals surface area contributed by atoms with Crippen molar-refractivity contribution in [2.45, 2.75) is 0 Å². The molecule has 0 radical (unpaired) electrons. The van der Waals surface area contributed by atoms with Crippen molar-refractivity contribution in [2.75, 3.05) is 0 Å². The van der Waals surface area contributed by atoms with Gasteiger partial charge >= 0.3 is 0 Å². The van der Waals surface area contributed by atoms with Gasteiger partial charge < -0.3 is 19.9 Å². The molecule has 0 aliphatic carbocycles. The minimum Gasteiger partial charge on any atom is -0.440 e. The molecule has 5 heteroatoms. The SMILES string of the molecule is O=C(c1ncc[n-]1)c1ncc[n-]1. The molecule has 12 heavy (non-hydrogen) atoms. The van der Waals surface area contributed by atoms with E-state index in [0.717, 1.165) is 0 Å². The number of hydrogen-bond acceptors (Lipinski definition) is 3. The van der Waals surface area contributed by atoms with Crippen LogP contribution in [-0.4, -0.2) is 15.8 Å². The number of rotatable bonds is 2. The fourth-order valence-electron chi connectivity index (χ4n) is 0.817. The van der Waals surface area contributed by atoms with Gasteiger partial charge in [0, 0.05) is 0 Å². The molecule has 60 valence electrons. The average molecular weight is 160 g/mol. The molecule has 0 spiro atoms. The van der Waals surface area contributed by atoms with Crippen molar-refractivity contribution in [3.63, 3.8) is 0 Å². The molecule has 0 saturated carbocycles. The average Bonchev–Trinajstić information content (AvgIpc) is 2.77. The molecule has 5 nitrogen and oxygen atoms in total. The van der Waals surface area contributed by atoms with E-state index in [0.29, 0.717) is 0 Å². The Kier molecular flexibility index (Phi) is 1.48. The number of carbonyl (C=O) groups excluding carboxylic acids is 1. The molecule has 0 N–H and O–H groups in total. The summed E-state index contributed by atoms with van der Waals surface area (Å²) in [6.07, 6.45) is 5.82. The van der Waals surface area contributed by atoms with E-state index in [9.17, 15) is 4.79 Å². The van der Waals surface area contributed by atoms with Gasteiger partial charge in [0.05, 0.1) is 0 Å². The van der Waals surface area contributed by atoms with Crippen LogP contribution in [0.5, 0.6) is 0 Å². The van der Waals surface area contributed by atoms with Gasteiger partial charge in [-0.25, -0.2) is 0 Å². The zero-order valence-electron chi connectivity index (χ0n) is 6.01. The molecule has 0 aliphatic heterocycles. The summed E-state index contributed by atoms with van der Waals surface area (Å²) >= 11 is 0. The molecule has 2 aromatic heterocycles. The van der Waals surface area contributed by atoms with E-state index in [1.165, 1.54) is 24.8 Å². The number of aromatic nitrogens is 4. The maximum Gasteiger partial charge on any atom is 0.176 e. The molecule has 0 aromatic carbocycles. The third kappa shape index (κ3) is 1.01. The third-order valence-electron chi connectivity index (χ3n) is 1.33. The van der Waals surface area contributed by atoms with E-state index in [-0.39, 0.29) is 17.4 Å². The maximum atomic E-state index is 11.3. The predicted octanol–water partition coefficient (Wildman–Crippen LogP) is -0.378. The first kappa shape index (κ1) is 6.78. The van der Waals surface area contributed by atoms with Crippen molar-refractivity contribution in [3.05, 3.63) is 36.4 Å². The second kappa shape index (κ2) is 2.61. The molecule has 2 rings (SSSR count). The third-order valence-corrected chi connectivity index (χ3v) is 1.33. The first-order valence-electron chi connectivity index (χ1n) is 3.30. The zero-order valence-corrected chi connectivity index (χ0v) is 6.01. The lowest BCUT2D eigenvalue weighted by Gasteiger charge is -2.03. The number of imidazole rings is 2. The fourth-order valence-corrected chi connectivity index (χ4v) is 0.817. The first-order chi connectivity index (χ1) is 5.88. The highest BCUT2D eigenvalue weighted by atomic mass is 16.1. The summed E-state index contributed by atoms with van der Waals surface area (Å²) in [5, 5.41) is 0. The largest absolute Gasteiger partial charge is 0.440 e. The molecular formula is C7H4N4O-2. The van der Waals surface area contributed by atoms with Crippen LogP contribution < -0.4 is 9.97 Å². The van der Waals surface area contributed by atoms with Gasteiger partial charge in [-0.05, 0) is 11.6 Å². The summed E-state index contributed by atoms with van der Waals surface area (Å²) in [5.74, 6) is -0.0626. The summed E-state index contributed by atoms with van der Waals surface area (Å²) < 4.78 is 0. The van der Waals surface area contributed by atoms with Crippen molar-refractivity contribution < 1.29 is 4.79 Å². The van der Waals surface area contributed by atoms with Crippen LogP contribution in [0.25, 0.3) is 0 Å². The summed E-state index contributed by atoms with van der Waals surface area (Å²) in [6, 6.07) is 0. The Morgan fingerprint density at radius 2 is 1.58 bits per heavy atom. The van der Waals surface area contributed by atoms with Gasteiger partial charge in [0.1, 0.15) is 0 Å². The van der Waals surface area contributed by atoms with Crippen LogP contribution in [0.15, 0.2) is 24.8 Å². The van der Waals surface area contributed by atoms with E-state index < -0.39 is 0 Å². The Morgan fingerprint density at radius 1 is 1.08 bits per heavy atom. The lowest BCUT2D eigenvalue weighted by Crippen LogP contribution is -2.07. The highest BCUT2D eigenvalue weighted by molar-refractivity contribution is 6.03. The molecular weight excluding hydrogens is 156 g/mol. The quantitative estimate of drug-likeness (QED) is 0.560. The van der Waals surface area contributed by atoms with E-state index in [1.807, 2.05) is 0 Å². The van der Waals surface area contributed by atoms with E-state index in [4.69, 9.17) is 0 Å². The fraction of sp³-hybridized carbons (Fsp3) is 0. The van der Waals surface area contributed by atoms with Crippen LogP contribution in [0, 0.1) is 0 Å². The molecule has 0 amide bonds. The maximum absolute atomic E-state index is 11.3. The van der Waals surface area contributed by atoms with Crippen LogP contribution in [0.4, 0.5) is 0 Å². The van der Waals surface area contributed by atoms with E-state index in [1.54, 1.807) is 0 Å². The lowest BCUT2D eigenvalue weighted by atomic mass is 10.3. The van der Waals surface area contributed by atoms with Crippen molar-refractivity contribution >= 4 is 5.78 Å². The Morgan fingerprint density at radius 3 is 1.92 bits per heavy atom. The lowest BCUT2D eigenvalue weighted by molar-refractivity contribution is 0.102. The van der Waals surface area contributed by atoms with Gasteiger partial charge in [0.15, 0.2) is 5.78 Å². The smallest absolute Gasteiger partial charge is 0.176 e. The Hall–Kier alpha value is -1.91. The highest BCUT2D eigenvalue weighted by Gasteiger charge is 1.98. The van der Waals surface area contributed by atoms with Gasteiger partial charge in [-0.2, -0.15) is 0 Å². The van der Waals surface area contributed by atoms with Crippen molar-refractivity contribution in [1.29, 1.82) is 0 Å². The van der Waals surface area contributed by atoms with Crippen LogP contribution in [0.2, 0.25) is 0 Å². The molecule has 0 aliphatic rings. The van der Waals surface area contributed by atoms with E-state index >= 15 is 0 Å². The van der Waals surface area contributed by atoms with Crippen LogP contribution in [0.3, 0.4) is 0 Å². The minimum atomic E-state index is -0.343. The van der Waals surface area contributed by atoms with Crippen molar-refractivity contribution in [1.82, 2.24) is 19.9 Å². The van der Waals surface area contributed by atoms with E-state index in [2.05, 4.69) is 19.9 Å². The number of hydrogen-bond donors (Lipinski definition) is 0. The minimum absolute atomic E-state index is 0.140. The molecule has 0 unspecified atom stereocenters. The van der Waals surface area contributed by atoms with Gasteiger partial charge in [-0.3, -0.25) is 4.79 Å². The van der Waals surface area contributed by atoms with Crippen LogP contribution in [0.1, 0.15) is 16.4 Å². The van der Waals surface area contributed by atoms with Gasteiger partial charge in [0.25, 0.3) is 0 Å². The van der Waals surface area contributed by atoms with Crippen molar-refractivity contribution in [3.8, 4) is 0 Å². The molecule has 2 aromatic rings. The van der Waals surface area contributed by atoms with Gasteiger partial charge in [-0.15, -0.1) is 0 Å². The number of nitrogens with zero attached hydrogens (tertiary/aromatic N) is 4. The summed E-state index contributed by atoms with van der Waals surface area (Å²) in [5.41, 5.74) is 0. The summed E-state index contributed by atoms with van der Waals surface area (Å²) in [7, 11) is 0.